The van der Waals surface area contributed by atoms with Crippen LogP contribution < -0.4 is 0 Å². The number of alkyl halides is 1. The van der Waals surface area contributed by atoms with Gasteiger partial charge in [-0.2, -0.15) is 0 Å². The molecule has 0 fully saturated rings. The lowest BCUT2D eigenvalue weighted by atomic mass is 10.4. The Morgan fingerprint density at radius 1 is 1.70 bits per heavy atom. The van der Waals surface area contributed by atoms with Gasteiger partial charge in [-0.05, 0) is 6.92 Å². The Balaban J connectivity index is 3.68. The van der Waals surface area contributed by atoms with Crippen molar-refractivity contribution in [3.8, 4) is 0 Å². The van der Waals surface area contributed by atoms with E-state index in [4.69, 9.17) is 5.11 Å². The number of carbonyl (C=O) groups is 2. The monoisotopic (exact) mass is 210 g/mol. The van der Waals surface area contributed by atoms with Crippen LogP contribution in [-0.4, -0.2) is 28.5 Å². The Hall–Kier alpha value is -0.580. The summed E-state index contributed by atoms with van der Waals surface area (Å²) in [5.41, 5.74) is 0. The number of rotatable bonds is 3. The first-order valence-corrected chi connectivity index (χ1v) is 3.68. The van der Waals surface area contributed by atoms with E-state index in [1.165, 1.54) is 6.92 Å². The zero-order valence-electron chi connectivity index (χ0n) is 5.33. The van der Waals surface area contributed by atoms with Crippen LogP contribution in [0.2, 0.25) is 0 Å². The second-order valence-electron chi connectivity index (χ2n) is 1.60. The summed E-state index contributed by atoms with van der Waals surface area (Å²) in [6.07, 6.45) is -1.06. The van der Waals surface area contributed by atoms with Gasteiger partial charge >= 0.3 is 11.9 Å². The molecule has 0 aliphatic carbocycles. The van der Waals surface area contributed by atoms with Gasteiger partial charge in [0.05, 0.1) is 0 Å². The van der Waals surface area contributed by atoms with Gasteiger partial charge < -0.3 is 9.84 Å². The molecule has 0 spiro atoms. The van der Waals surface area contributed by atoms with E-state index in [-0.39, 0.29) is 5.33 Å². The molecule has 0 radical (unpaired) electrons. The van der Waals surface area contributed by atoms with Gasteiger partial charge in [-0.3, -0.25) is 4.79 Å². The van der Waals surface area contributed by atoms with Gasteiger partial charge in [0.1, 0.15) is 5.33 Å². The number of esters is 1. The third kappa shape index (κ3) is 3.45. The van der Waals surface area contributed by atoms with Crippen molar-refractivity contribution in [2.75, 3.05) is 5.33 Å². The van der Waals surface area contributed by atoms with Crippen LogP contribution in [0.15, 0.2) is 0 Å². The van der Waals surface area contributed by atoms with Gasteiger partial charge in [0, 0.05) is 0 Å². The Bertz CT molecular complexity index is 145. The number of carbonyl (C=O) groups excluding carboxylic acids is 1. The highest BCUT2D eigenvalue weighted by Crippen LogP contribution is 1.93. The molecular formula is C5H7BrO4. The first kappa shape index (κ1) is 9.42. The molecule has 0 rings (SSSR count). The SMILES string of the molecule is CC(OC(=O)CBr)C(=O)O. The van der Waals surface area contributed by atoms with Crippen molar-refractivity contribution in [1.29, 1.82) is 0 Å². The molecule has 1 N–H and O–H groups in total. The normalized spacial score (nSPS) is 12.2. The van der Waals surface area contributed by atoms with Crippen LogP contribution in [0.3, 0.4) is 0 Å². The fourth-order valence-corrected chi connectivity index (χ4v) is 0.411. The first-order chi connectivity index (χ1) is 4.57. The predicted molar refractivity (Wildman–Crippen MR) is 37.0 cm³/mol. The summed E-state index contributed by atoms with van der Waals surface area (Å²) in [4.78, 5) is 20.5. The van der Waals surface area contributed by atoms with Crippen molar-refractivity contribution in [2.24, 2.45) is 0 Å². The second-order valence-corrected chi connectivity index (χ2v) is 2.16. The second kappa shape index (κ2) is 4.27. The van der Waals surface area contributed by atoms with Crippen LogP contribution >= 0.6 is 15.9 Å². The molecule has 0 amide bonds. The molecule has 1 unspecified atom stereocenters. The highest BCUT2D eigenvalue weighted by molar-refractivity contribution is 9.09. The van der Waals surface area contributed by atoms with Crippen LogP contribution in [0, 0.1) is 0 Å². The minimum atomic E-state index is -1.14. The van der Waals surface area contributed by atoms with Crippen molar-refractivity contribution >= 4 is 27.9 Å². The fourth-order valence-electron chi connectivity index (χ4n) is 0.279. The lowest BCUT2D eigenvalue weighted by Crippen LogP contribution is -2.23. The van der Waals surface area contributed by atoms with Crippen LogP contribution in [0.5, 0.6) is 0 Å². The summed E-state index contributed by atoms with van der Waals surface area (Å²) in [5.74, 6) is -1.72. The summed E-state index contributed by atoms with van der Waals surface area (Å²) in [6, 6.07) is 0. The maximum absolute atomic E-state index is 10.4. The molecule has 10 heavy (non-hydrogen) atoms. The molecule has 0 aliphatic rings. The third-order valence-corrected chi connectivity index (χ3v) is 1.22. The number of ether oxygens (including phenoxy) is 1. The molecular weight excluding hydrogens is 204 g/mol. The summed E-state index contributed by atoms with van der Waals surface area (Å²) in [6.45, 7) is 1.29. The van der Waals surface area contributed by atoms with Gasteiger partial charge in [-0.15, -0.1) is 0 Å². The van der Waals surface area contributed by atoms with E-state index >= 15 is 0 Å². The van der Waals surface area contributed by atoms with Crippen molar-refractivity contribution < 1.29 is 19.4 Å². The minimum absolute atomic E-state index is 0.0185. The molecule has 58 valence electrons. The zero-order valence-corrected chi connectivity index (χ0v) is 6.92. The standard InChI is InChI=1S/C5H7BrO4/c1-3(5(8)9)10-4(7)2-6/h3H,2H2,1H3,(H,8,9). The Morgan fingerprint density at radius 2 is 2.20 bits per heavy atom. The molecule has 0 saturated carbocycles. The van der Waals surface area contributed by atoms with Crippen molar-refractivity contribution in [3.63, 3.8) is 0 Å². The molecule has 0 aliphatic heterocycles. The first-order valence-electron chi connectivity index (χ1n) is 2.56. The zero-order chi connectivity index (χ0) is 8.15. The van der Waals surface area contributed by atoms with E-state index < -0.39 is 18.0 Å². The molecule has 0 saturated heterocycles. The number of carboxylic acid groups (broad SMARTS) is 1. The molecule has 0 aromatic heterocycles. The Labute approximate surface area is 66.3 Å². The lowest BCUT2D eigenvalue weighted by Gasteiger charge is -2.05. The summed E-state index contributed by atoms with van der Waals surface area (Å²) < 4.78 is 4.38. The number of aliphatic carboxylic acids is 1. The van der Waals surface area contributed by atoms with Crippen molar-refractivity contribution in [1.82, 2.24) is 0 Å². The van der Waals surface area contributed by atoms with Crippen molar-refractivity contribution in [3.05, 3.63) is 0 Å². The quantitative estimate of drug-likeness (QED) is 0.542. The average molecular weight is 211 g/mol. The molecule has 1 atom stereocenters. The van der Waals surface area contributed by atoms with E-state index in [0.29, 0.717) is 0 Å². The summed E-state index contributed by atoms with van der Waals surface area (Å²) in [7, 11) is 0. The van der Waals surface area contributed by atoms with Gasteiger partial charge in [-0.1, -0.05) is 15.9 Å². The third-order valence-electron chi connectivity index (χ3n) is 0.765. The van der Waals surface area contributed by atoms with Gasteiger partial charge in [0.25, 0.3) is 0 Å². The van der Waals surface area contributed by atoms with Crippen LogP contribution in [-0.2, 0) is 14.3 Å². The molecule has 0 bridgehead atoms. The summed E-state index contributed by atoms with van der Waals surface area (Å²) in [5, 5.41) is 8.25. The van der Waals surface area contributed by atoms with E-state index in [1.807, 2.05) is 0 Å². The van der Waals surface area contributed by atoms with Gasteiger partial charge in [0.15, 0.2) is 6.10 Å². The number of carboxylic acids is 1. The fraction of sp³-hybridized carbons (Fsp3) is 0.600. The molecule has 4 nitrogen and oxygen atoms in total. The molecule has 0 heterocycles. The number of hydrogen-bond acceptors (Lipinski definition) is 3. The smallest absolute Gasteiger partial charge is 0.344 e. The number of hydrogen-bond donors (Lipinski definition) is 1. The minimum Gasteiger partial charge on any atom is -0.479 e. The molecule has 0 aromatic carbocycles. The van der Waals surface area contributed by atoms with E-state index in [0.717, 1.165) is 0 Å². The van der Waals surface area contributed by atoms with Gasteiger partial charge in [0.2, 0.25) is 0 Å². The van der Waals surface area contributed by atoms with Crippen molar-refractivity contribution in [2.45, 2.75) is 13.0 Å². The van der Waals surface area contributed by atoms with E-state index in [1.54, 1.807) is 0 Å². The lowest BCUT2D eigenvalue weighted by molar-refractivity contribution is -0.160. The molecule has 0 aromatic rings. The Morgan fingerprint density at radius 3 is 2.50 bits per heavy atom. The van der Waals surface area contributed by atoms with Crippen LogP contribution in [0.25, 0.3) is 0 Å². The Kier molecular flexibility index (Phi) is 4.02. The predicted octanol–water partition coefficient (Wildman–Crippen LogP) is 0.398. The van der Waals surface area contributed by atoms with Crippen LogP contribution in [0.1, 0.15) is 6.92 Å². The maximum atomic E-state index is 10.4. The number of halogens is 1. The van der Waals surface area contributed by atoms with Gasteiger partial charge in [-0.25, -0.2) is 4.79 Å². The summed E-state index contributed by atoms with van der Waals surface area (Å²) >= 11 is 2.82. The largest absolute Gasteiger partial charge is 0.479 e. The van der Waals surface area contributed by atoms with E-state index in [9.17, 15) is 9.59 Å². The average Bonchev–Trinajstić information content (AvgIpc) is 1.87. The van der Waals surface area contributed by atoms with E-state index in [2.05, 4.69) is 20.7 Å². The topological polar surface area (TPSA) is 63.6 Å². The highest BCUT2D eigenvalue weighted by Gasteiger charge is 2.14. The maximum Gasteiger partial charge on any atom is 0.344 e. The molecule has 5 heteroatoms. The highest BCUT2D eigenvalue weighted by atomic mass is 79.9. The van der Waals surface area contributed by atoms with Crippen LogP contribution in [0.4, 0.5) is 0 Å².